The third-order valence-corrected chi connectivity index (χ3v) is 3.25. The highest BCUT2D eigenvalue weighted by Gasteiger charge is 2.03. The van der Waals surface area contributed by atoms with Crippen LogP contribution >= 0.6 is 34.2 Å². The fourth-order valence-electron chi connectivity index (χ4n) is 0.859. The molecule has 0 N–H and O–H groups in total. The highest BCUT2D eigenvalue weighted by Crippen LogP contribution is 2.23. The molecule has 0 aliphatic heterocycles. The first-order valence-electron chi connectivity index (χ1n) is 3.56. The van der Waals surface area contributed by atoms with Crippen molar-refractivity contribution in [1.29, 1.82) is 0 Å². The van der Waals surface area contributed by atoms with E-state index in [2.05, 4.69) is 29.2 Å². The van der Waals surface area contributed by atoms with Gasteiger partial charge in [-0.25, -0.2) is 0 Å². The molecular formula is C10H9ClI. The zero-order valence-corrected chi connectivity index (χ0v) is 9.69. The first-order chi connectivity index (χ1) is 5.65. The van der Waals surface area contributed by atoms with Gasteiger partial charge in [-0.1, -0.05) is 30.7 Å². The highest BCUT2D eigenvalue weighted by molar-refractivity contribution is 14.1. The molecule has 1 rings (SSSR count). The van der Waals surface area contributed by atoms with E-state index < -0.39 is 0 Å². The van der Waals surface area contributed by atoms with Gasteiger partial charge in [-0.15, -0.1) is 6.58 Å². The molecule has 0 amide bonds. The van der Waals surface area contributed by atoms with Crippen LogP contribution in [0.5, 0.6) is 0 Å². The molecular weight excluding hydrogens is 282 g/mol. The number of benzene rings is 1. The molecule has 0 aromatic heterocycles. The van der Waals surface area contributed by atoms with E-state index in [9.17, 15) is 0 Å². The van der Waals surface area contributed by atoms with Crippen molar-refractivity contribution in [3.8, 4) is 0 Å². The lowest BCUT2D eigenvalue weighted by Crippen LogP contribution is -1.89. The Bertz CT molecular complexity index is 294. The zero-order chi connectivity index (χ0) is 9.14. The Morgan fingerprint density at radius 2 is 2.25 bits per heavy atom. The van der Waals surface area contributed by atoms with Gasteiger partial charge < -0.3 is 0 Å². The van der Waals surface area contributed by atoms with Gasteiger partial charge in [0.05, 0.1) is 5.02 Å². The van der Waals surface area contributed by atoms with Gasteiger partial charge in [0.1, 0.15) is 0 Å². The van der Waals surface area contributed by atoms with Crippen molar-refractivity contribution in [2.75, 3.05) is 0 Å². The lowest BCUT2D eigenvalue weighted by atomic mass is 10.0. The molecule has 12 heavy (non-hydrogen) atoms. The second kappa shape index (κ2) is 4.28. The molecule has 0 saturated carbocycles. The minimum Gasteiger partial charge on any atom is -0.102 e. The van der Waals surface area contributed by atoms with E-state index in [1.807, 2.05) is 31.2 Å². The Hall–Kier alpha value is -0.0200. The normalized spacial score (nSPS) is 10.3. The summed E-state index contributed by atoms with van der Waals surface area (Å²) in [6.45, 7) is 5.73. The van der Waals surface area contributed by atoms with Gasteiger partial charge in [-0.2, -0.15) is 0 Å². The average Bonchev–Trinajstić information content (AvgIpc) is 2.08. The van der Waals surface area contributed by atoms with E-state index in [0.717, 1.165) is 20.1 Å². The molecule has 0 saturated heterocycles. The maximum atomic E-state index is 5.96. The van der Waals surface area contributed by atoms with Crippen LogP contribution in [0.2, 0.25) is 5.02 Å². The summed E-state index contributed by atoms with van der Waals surface area (Å²) in [5.74, 6) is 1.15. The number of hydrogen-bond donors (Lipinski definition) is 0. The Balaban J connectivity index is 3.04. The maximum absolute atomic E-state index is 5.96. The van der Waals surface area contributed by atoms with E-state index in [1.54, 1.807) is 0 Å². The van der Waals surface area contributed by atoms with Crippen LogP contribution in [0.15, 0.2) is 30.9 Å². The molecule has 1 radical (unpaired) electrons. The second-order valence-corrected chi connectivity index (χ2v) is 4.09. The first kappa shape index (κ1) is 10.1. The SMILES string of the molecule is C=C[C](C)c1ccc(I)c(Cl)c1. The smallest absolute Gasteiger partial charge is 0.0542 e. The van der Waals surface area contributed by atoms with Crippen LogP contribution in [-0.4, -0.2) is 0 Å². The van der Waals surface area contributed by atoms with Crippen LogP contribution in [-0.2, 0) is 0 Å². The molecule has 0 fully saturated rings. The van der Waals surface area contributed by atoms with Crippen LogP contribution in [0.1, 0.15) is 12.5 Å². The zero-order valence-electron chi connectivity index (χ0n) is 6.77. The van der Waals surface area contributed by atoms with Crippen LogP contribution in [0.25, 0.3) is 0 Å². The van der Waals surface area contributed by atoms with Crippen molar-refractivity contribution >= 4 is 34.2 Å². The summed E-state index contributed by atoms with van der Waals surface area (Å²) in [5.41, 5.74) is 1.13. The minimum absolute atomic E-state index is 0.800. The first-order valence-corrected chi connectivity index (χ1v) is 5.02. The molecule has 2 heteroatoms. The average molecular weight is 292 g/mol. The van der Waals surface area contributed by atoms with Gasteiger partial charge in [-0.3, -0.25) is 0 Å². The van der Waals surface area contributed by atoms with Crippen molar-refractivity contribution in [2.24, 2.45) is 0 Å². The maximum Gasteiger partial charge on any atom is 0.0542 e. The Morgan fingerprint density at radius 3 is 2.75 bits per heavy atom. The van der Waals surface area contributed by atoms with E-state index in [0.29, 0.717) is 0 Å². The fraction of sp³-hybridized carbons (Fsp3) is 0.100. The summed E-state index contributed by atoms with van der Waals surface area (Å²) in [6.07, 6.45) is 1.83. The van der Waals surface area contributed by atoms with Crippen LogP contribution in [0.3, 0.4) is 0 Å². The van der Waals surface area contributed by atoms with Crippen molar-refractivity contribution in [3.05, 3.63) is 50.9 Å². The summed E-state index contributed by atoms with van der Waals surface area (Å²) in [7, 11) is 0. The van der Waals surface area contributed by atoms with E-state index >= 15 is 0 Å². The van der Waals surface area contributed by atoms with Crippen molar-refractivity contribution in [1.82, 2.24) is 0 Å². The molecule has 0 aliphatic rings. The quantitative estimate of drug-likeness (QED) is 0.721. The topological polar surface area (TPSA) is 0 Å². The summed E-state index contributed by atoms with van der Waals surface area (Å²) in [4.78, 5) is 0. The predicted molar refractivity (Wildman–Crippen MR) is 62.4 cm³/mol. The van der Waals surface area contributed by atoms with Crippen molar-refractivity contribution < 1.29 is 0 Å². The van der Waals surface area contributed by atoms with Gasteiger partial charge in [0.25, 0.3) is 0 Å². The second-order valence-electron chi connectivity index (χ2n) is 2.52. The van der Waals surface area contributed by atoms with Crippen LogP contribution in [0.4, 0.5) is 0 Å². The Morgan fingerprint density at radius 1 is 1.58 bits per heavy atom. The van der Waals surface area contributed by atoms with Gasteiger partial charge in [0.2, 0.25) is 0 Å². The molecule has 0 bridgehead atoms. The summed E-state index contributed by atoms with van der Waals surface area (Å²) < 4.78 is 1.08. The van der Waals surface area contributed by atoms with E-state index in [4.69, 9.17) is 11.6 Å². The van der Waals surface area contributed by atoms with Crippen LogP contribution < -0.4 is 0 Å². The van der Waals surface area contributed by atoms with Gasteiger partial charge in [-0.05, 0) is 40.3 Å². The Labute approximate surface area is 91.8 Å². The summed E-state index contributed by atoms with van der Waals surface area (Å²) in [5, 5.41) is 0.800. The third-order valence-electron chi connectivity index (χ3n) is 1.68. The molecule has 0 aliphatic carbocycles. The van der Waals surface area contributed by atoms with Gasteiger partial charge in [0.15, 0.2) is 0 Å². The van der Waals surface area contributed by atoms with Gasteiger partial charge >= 0.3 is 0 Å². The lowest BCUT2D eigenvalue weighted by Gasteiger charge is -2.06. The van der Waals surface area contributed by atoms with E-state index in [-0.39, 0.29) is 0 Å². The molecule has 1 aromatic rings. The molecule has 0 unspecified atom stereocenters. The number of halogens is 2. The lowest BCUT2D eigenvalue weighted by molar-refractivity contribution is 1.25. The minimum atomic E-state index is 0.800. The molecule has 63 valence electrons. The van der Waals surface area contributed by atoms with Gasteiger partial charge in [0, 0.05) is 9.49 Å². The molecule has 0 spiro atoms. The Kier molecular flexibility index (Phi) is 3.59. The van der Waals surface area contributed by atoms with E-state index in [1.165, 1.54) is 0 Å². The summed E-state index contributed by atoms with van der Waals surface area (Å²) >= 11 is 8.17. The predicted octanol–water partition coefficient (Wildman–Crippen LogP) is 4.07. The highest BCUT2D eigenvalue weighted by atomic mass is 127. The molecule has 0 nitrogen and oxygen atoms in total. The molecule has 1 aromatic carbocycles. The molecule has 0 heterocycles. The number of allylic oxidation sites excluding steroid dienone is 1. The fourth-order valence-corrected chi connectivity index (χ4v) is 1.38. The van der Waals surface area contributed by atoms with Crippen molar-refractivity contribution in [3.63, 3.8) is 0 Å². The molecule has 0 atom stereocenters. The van der Waals surface area contributed by atoms with Crippen molar-refractivity contribution in [2.45, 2.75) is 6.92 Å². The number of hydrogen-bond acceptors (Lipinski definition) is 0. The third kappa shape index (κ3) is 2.23. The largest absolute Gasteiger partial charge is 0.102 e. The standard InChI is InChI=1S/C10H9ClI/c1-3-7(2)8-4-5-10(12)9(11)6-8/h3-6H,1H2,2H3. The van der Waals surface area contributed by atoms with Crippen LogP contribution in [0, 0.1) is 9.49 Å². The summed E-state index contributed by atoms with van der Waals surface area (Å²) in [6, 6.07) is 6.01. The number of rotatable bonds is 2. The monoisotopic (exact) mass is 291 g/mol.